The van der Waals surface area contributed by atoms with E-state index in [-0.39, 0.29) is 11.7 Å². The predicted octanol–water partition coefficient (Wildman–Crippen LogP) is 5.93. The van der Waals surface area contributed by atoms with Crippen LogP contribution in [0.15, 0.2) is 114 Å². The zero-order valence-corrected chi connectivity index (χ0v) is 17.7. The predicted molar refractivity (Wildman–Crippen MR) is 131 cm³/mol. The Morgan fingerprint density at radius 1 is 0.625 bits per heavy atom. The molecule has 0 aliphatic rings. The number of hydrogen-bond donors (Lipinski definition) is 2. The molecule has 0 atom stereocenters. The molecule has 0 aliphatic heterocycles. The maximum atomic E-state index is 11.8. The Kier molecular flexibility index (Phi) is 6.33. The Morgan fingerprint density at radius 3 is 1.47 bits per heavy atom. The molecule has 156 valence electrons. The minimum atomic E-state index is -0.233. The fraction of sp³-hybridized carbons (Fsp3) is 0.0357. The highest BCUT2D eigenvalue weighted by molar-refractivity contribution is 6.14. The molecule has 0 radical (unpaired) electrons. The molecule has 0 aromatic heterocycles. The number of amidine groups is 2. The van der Waals surface area contributed by atoms with Crippen molar-refractivity contribution in [3.8, 4) is 22.3 Å². The first-order chi connectivity index (χ1) is 15.6. The van der Waals surface area contributed by atoms with E-state index >= 15 is 0 Å². The first-order valence-electron chi connectivity index (χ1n) is 10.4. The Hall–Kier alpha value is -4.31. The van der Waals surface area contributed by atoms with Gasteiger partial charge in [-0.3, -0.25) is 10.2 Å². The quantitative estimate of drug-likeness (QED) is 0.314. The summed E-state index contributed by atoms with van der Waals surface area (Å²) in [4.78, 5) is 16.2. The fourth-order valence-corrected chi connectivity index (χ4v) is 3.41. The van der Waals surface area contributed by atoms with Crippen LogP contribution in [-0.4, -0.2) is 17.6 Å². The van der Waals surface area contributed by atoms with E-state index in [1.165, 1.54) is 6.92 Å². The van der Waals surface area contributed by atoms with Gasteiger partial charge in [-0.05, 0) is 22.3 Å². The number of amides is 1. The van der Waals surface area contributed by atoms with E-state index in [2.05, 4.69) is 10.3 Å². The molecule has 4 heteroatoms. The van der Waals surface area contributed by atoms with E-state index < -0.39 is 0 Å². The van der Waals surface area contributed by atoms with E-state index in [9.17, 15) is 4.79 Å². The highest BCUT2D eigenvalue weighted by Gasteiger charge is 2.09. The molecule has 0 spiro atoms. The van der Waals surface area contributed by atoms with Gasteiger partial charge in [0.05, 0.1) is 0 Å². The number of aliphatic imine (C=N–C) groups is 1. The Balaban J connectivity index is 1.59. The molecule has 4 aromatic rings. The number of nitrogens with one attached hydrogen (secondary N) is 2. The molecular formula is C28H23N3O. The van der Waals surface area contributed by atoms with Crippen molar-refractivity contribution in [1.29, 1.82) is 5.41 Å². The highest BCUT2D eigenvalue weighted by atomic mass is 16.1. The van der Waals surface area contributed by atoms with Gasteiger partial charge < -0.3 is 5.32 Å². The molecule has 0 aliphatic carbocycles. The minimum absolute atomic E-state index is 0.0838. The fourth-order valence-electron chi connectivity index (χ4n) is 3.41. The average Bonchev–Trinajstić information content (AvgIpc) is 2.84. The van der Waals surface area contributed by atoms with E-state index in [0.29, 0.717) is 11.4 Å². The van der Waals surface area contributed by atoms with Crippen molar-refractivity contribution < 1.29 is 4.79 Å². The van der Waals surface area contributed by atoms with Gasteiger partial charge in [-0.15, -0.1) is 0 Å². The Labute approximate surface area is 187 Å². The summed E-state index contributed by atoms with van der Waals surface area (Å²) in [5, 5.41) is 11.2. The summed E-state index contributed by atoms with van der Waals surface area (Å²) < 4.78 is 0. The van der Waals surface area contributed by atoms with Gasteiger partial charge in [0, 0.05) is 18.1 Å². The van der Waals surface area contributed by atoms with Gasteiger partial charge >= 0.3 is 0 Å². The second-order valence-corrected chi connectivity index (χ2v) is 7.38. The maximum Gasteiger partial charge on any atom is 0.222 e. The van der Waals surface area contributed by atoms with Crippen molar-refractivity contribution in [2.75, 3.05) is 0 Å². The van der Waals surface area contributed by atoms with Gasteiger partial charge in [-0.25, -0.2) is 4.99 Å². The van der Waals surface area contributed by atoms with Crippen LogP contribution in [0, 0.1) is 5.41 Å². The molecule has 1 amide bonds. The van der Waals surface area contributed by atoms with Crippen LogP contribution in [0.1, 0.15) is 18.1 Å². The number of benzene rings is 4. The molecule has 0 bridgehead atoms. The Bertz CT molecular complexity index is 1240. The lowest BCUT2D eigenvalue weighted by atomic mass is 10.0. The molecule has 0 heterocycles. The standard InChI is InChI=1S/C28H23N3O/c1-20(32)30-28(26-18-14-24(15-19-26)22-10-6-3-7-11-22)31-27(29)25-16-12-23(13-17-25)21-8-4-2-5-9-21/h2-19H,1H3,(H2,29,30,31,32). The smallest absolute Gasteiger partial charge is 0.222 e. The Morgan fingerprint density at radius 2 is 1.03 bits per heavy atom. The van der Waals surface area contributed by atoms with Gasteiger partial charge in [0.15, 0.2) is 5.84 Å². The molecule has 0 unspecified atom stereocenters. The van der Waals surface area contributed by atoms with Crippen LogP contribution in [0.5, 0.6) is 0 Å². The van der Waals surface area contributed by atoms with Crippen molar-refractivity contribution in [3.05, 3.63) is 120 Å². The average molecular weight is 418 g/mol. The minimum Gasteiger partial charge on any atom is -0.310 e. The van der Waals surface area contributed by atoms with Gasteiger partial charge in [0.1, 0.15) is 5.84 Å². The van der Waals surface area contributed by atoms with E-state index in [1.54, 1.807) is 0 Å². The summed E-state index contributed by atoms with van der Waals surface area (Å²) in [6.07, 6.45) is 0. The van der Waals surface area contributed by atoms with Crippen molar-refractivity contribution in [1.82, 2.24) is 5.32 Å². The molecular weight excluding hydrogens is 394 g/mol. The summed E-state index contributed by atoms with van der Waals surface area (Å²) in [5.74, 6) is 0.206. The van der Waals surface area contributed by atoms with Gasteiger partial charge in [-0.1, -0.05) is 109 Å². The number of rotatable bonds is 4. The highest BCUT2D eigenvalue weighted by Crippen LogP contribution is 2.21. The van der Waals surface area contributed by atoms with Crippen LogP contribution in [-0.2, 0) is 4.79 Å². The molecule has 0 saturated carbocycles. The first-order valence-corrected chi connectivity index (χ1v) is 10.4. The SMILES string of the molecule is CC(=O)N/C(=N\C(=N)c1ccc(-c2ccccc2)cc1)c1ccc(-c2ccccc2)cc1. The van der Waals surface area contributed by atoms with Crippen LogP contribution in [0.2, 0.25) is 0 Å². The third-order valence-electron chi connectivity index (χ3n) is 5.05. The third kappa shape index (κ3) is 5.05. The van der Waals surface area contributed by atoms with E-state index in [0.717, 1.165) is 27.8 Å². The topological polar surface area (TPSA) is 65.3 Å². The van der Waals surface area contributed by atoms with Gasteiger partial charge in [0.25, 0.3) is 0 Å². The van der Waals surface area contributed by atoms with Crippen molar-refractivity contribution >= 4 is 17.6 Å². The summed E-state index contributed by atoms with van der Waals surface area (Å²) in [6.45, 7) is 1.44. The summed E-state index contributed by atoms with van der Waals surface area (Å²) in [5.41, 5.74) is 5.79. The largest absolute Gasteiger partial charge is 0.310 e. The summed E-state index contributed by atoms with van der Waals surface area (Å²) in [6, 6.07) is 35.6. The monoisotopic (exact) mass is 417 g/mol. The summed E-state index contributed by atoms with van der Waals surface area (Å²) in [7, 11) is 0. The van der Waals surface area contributed by atoms with Crippen LogP contribution in [0.25, 0.3) is 22.3 Å². The molecule has 4 rings (SSSR count). The van der Waals surface area contributed by atoms with Crippen LogP contribution in [0.3, 0.4) is 0 Å². The molecule has 2 N–H and O–H groups in total. The van der Waals surface area contributed by atoms with Crippen LogP contribution >= 0.6 is 0 Å². The zero-order chi connectivity index (χ0) is 22.3. The summed E-state index contributed by atoms with van der Waals surface area (Å²) >= 11 is 0. The second kappa shape index (κ2) is 9.67. The lowest BCUT2D eigenvalue weighted by Gasteiger charge is -2.10. The molecule has 4 aromatic carbocycles. The lowest BCUT2D eigenvalue weighted by molar-refractivity contribution is -0.117. The normalized spacial score (nSPS) is 11.1. The van der Waals surface area contributed by atoms with Crippen LogP contribution in [0.4, 0.5) is 0 Å². The van der Waals surface area contributed by atoms with Gasteiger partial charge in [0.2, 0.25) is 5.91 Å². The van der Waals surface area contributed by atoms with Crippen LogP contribution < -0.4 is 5.32 Å². The molecule has 0 saturated heterocycles. The number of hydrogen-bond acceptors (Lipinski definition) is 2. The molecule has 4 nitrogen and oxygen atoms in total. The first kappa shape index (κ1) is 20.9. The number of nitrogens with zero attached hydrogens (tertiary/aromatic N) is 1. The lowest BCUT2D eigenvalue weighted by Crippen LogP contribution is -2.30. The third-order valence-corrected chi connectivity index (χ3v) is 5.05. The molecule has 0 fully saturated rings. The van der Waals surface area contributed by atoms with Crippen molar-refractivity contribution in [3.63, 3.8) is 0 Å². The number of carbonyl (C=O) groups is 1. The van der Waals surface area contributed by atoms with Gasteiger partial charge in [-0.2, -0.15) is 0 Å². The maximum absolute atomic E-state index is 11.8. The zero-order valence-electron chi connectivity index (χ0n) is 17.7. The second-order valence-electron chi connectivity index (χ2n) is 7.38. The van der Waals surface area contributed by atoms with E-state index in [1.807, 2.05) is 109 Å². The number of carbonyl (C=O) groups excluding carboxylic acids is 1. The molecule has 32 heavy (non-hydrogen) atoms. The van der Waals surface area contributed by atoms with Crippen molar-refractivity contribution in [2.45, 2.75) is 6.92 Å². The van der Waals surface area contributed by atoms with E-state index in [4.69, 9.17) is 5.41 Å². The van der Waals surface area contributed by atoms with Crippen molar-refractivity contribution in [2.24, 2.45) is 4.99 Å².